The molecule has 1 aliphatic carbocycles. The lowest BCUT2D eigenvalue weighted by Gasteiger charge is -2.37. The number of aliphatic hydroxyl groups is 1. The molecule has 1 saturated carbocycles. The zero-order valence-electron chi connectivity index (χ0n) is 12.3. The van der Waals surface area contributed by atoms with Gasteiger partial charge in [-0.1, -0.05) is 57.0 Å². The van der Waals surface area contributed by atoms with E-state index in [1.807, 2.05) is 0 Å². The van der Waals surface area contributed by atoms with Crippen molar-refractivity contribution in [1.29, 1.82) is 0 Å². The summed E-state index contributed by atoms with van der Waals surface area (Å²) in [5.74, 6) is 0. The van der Waals surface area contributed by atoms with E-state index in [4.69, 9.17) is 0 Å². The lowest BCUT2D eigenvalue weighted by molar-refractivity contribution is 0.0472. The summed E-state index contributed by atoms with van der Waals surface area (Å²) < 4.78 is 0. The fraction of sp³-hybridized carbons (Fsp3) is 0.647. The van der Waals surface area contributed by atoms with Crippen molar-refractivity contribution in [1.82, 2.24) is 4.90 Å². The molecule has 106 valence electrons. The van der Waals surface area contributed by atoms with Crippen molar-refractivity contribution in [2.24, 2.45) is 0 Å². The van der Waals surface area contributed by atoms with E-state index in [-0.39, 0.29) is 11.5 Å². The number of benzene rings is 1. The molecule has 0 spiro atoms. The molecule has 0 radical (unpaired) electrons. The van der Waals surface area contributed by atoms with E-state index < -0.39 is 0 Å². The van der Waals surface area contributed by atoms with Gasteiger partial charge in [-0.15, -0.1) is 0 Å². The summed E-state index contributed by atoms with van der Waals surface area (Å²) in [5, 5.41) is 10.8. The van der Waals surface area contributed by atoms with Crippen molar-refractivity contribution >= 4 is 0 Å². The maximum atomic E-state index is 10.8. The molecule has 2 rings (SSSR count). The van der Waals surface area contributed by atoms with Crippen molar-refractivity contribution in [3.63, 3.8) is 0 Å². The summed E-state index contributed by atoms with van der Waals surface area (Å²) in [7, 11) is 0. The molecular formula is C17H27NO. The third-order valence-electron chi connectivity index (χ3n) is 4.81. The molecule has 19 heavy (non-hydrogen) atoms. The van der Waals surface area contributed by atoms with Crippen LogP contribution in [0.2, 0.25) is 0 Å². The van der Waals surface area contributed by atoms with Gasteiger partial charge in [-0.25, -0.2) is 0 Å². The smallest absolute Gasteiger partial charge is 0.0763 e. The summed E-state index contributed by atoms with van der Waals surface area (Å²) in [6, 6.07) is 10.6. The van der Waals surface area contributed by atoms with E-state index in [0.29, 0.717) is 0 Å². The molecule has 2 heteroatoms. The third-order valence-corrected chi connectivity index (χ3v) is 4.81. The minimum Gasteiger partial charge on any atom is -0.391 e. The van der Waals surface area contributed by atoms with Crippen LogP contribution in [0.5, 0.6) is 0 Å². The fourth-order valence-corrected chi connectivity index (χ4v) is 3.49. The van der Waals surface area contributed by atoms with Crippen LogP contribution >= 0.6 is 0 Å². The Hall–Kier alpha value is -0.860. The number of rotatable bonds is 6. The average molecular weight is 261 g/mol. The van der Waals surface area contributed by atoms with Gasteiger partial charge in [0.25, 0.3) is 0 Å². The van der Waals surface area contributed by atoms with Gasteiger partial charge in [-0.3, -0.25) is 0 Å². The van der Waals surface area contributed by atoms with Crippen LogP contribution in [0.4, 0.5) is 0 Å². The molecule has 1 N–H and O–H groups in total. The van der Waals surface area contributed by atoms with Gasteiger partial charge in [-0.05, 0) is 31.5 Å². The van der Waals surface area contributed by atoms with E-state index in [1.54, 1.807) is 0 Å². The molecule has 2 nitrogen and oxygen atoms in total. The number of likely N-dealkylation sites (N-methyl/N-ethyl adjacent to an activating group) is 1. The Kier molecular flexibility index (Phi) is 5.00. The van der Waals surface area contributed by atoms with Crippen molar-refractivity contribution in [3.05, 3.63) is 35.9 Å². The highest BCUT2D eigenvalue weighted by molar-refractivity contribution is 5.28. The molecule has 1 atom stereocenters. The molecule has 0 heterocycles. The molecule has 0 amide bonds. The first kappa shape index (κ1) is 14.5. The average Bonchev–Trinajstić information content (AvgIpc) is 2.96. The van der Waals surface area contributed by atoms with Gasteiger partial charge in [-0.2, -0.15) is 0 Å². The summed E-state index contributed by atoms with van der Waals surface area (Å²) in [6.45, 7) is 7.15. The monoisotopic (exact) mass is 261 g/mol. The van der Waals surface area contributed by atoms with E-state index in [1.165, 1.54) is 18.4 Å². The van der Waals surface area contributed by atoms with E-state index in [2.05, 4.69) is 49.1 Å². The molecule has 1 aliphatic rings. The molecule has 0 aliphatic heterocycles. The Morgan fingerprint density at radius 1 is 1.11 bits per heavy atom. The molecule has 0 saturated heterocycles. The summed E-state index contributed by atoms with van der Waals surface area (Å²) >= 11 is 0. The molecule has 1 aromatic rings. The lowest BCUT2D eigenvalue weighted by Crippen LogP contribution is -2.45. The molecule has 0 unspecified atom stereocenters. The second-order valence-corrected chi connectivity index (χ2v) is 5.73. The van der Waals surface area contributed by atoms with E-state index in [9.17, 15) is 5.11 Å². The highest BCUT2D eigenvalue weighted by atomic mass is 16.3. The molecule has 0 bridgehead atoms. The maximum Gasteiger partial charge on any atom is 0.0763 e. The second kappa shape index (κ2) is 6.53. The van der Waals surface area contributed by atoms with Crippen LogP contribution in [-0.2, 0) is 5.41 Å². The second-order valence-electron chi connectivity index (χ2n) is 5.73. The van der Waals surface area contributed by atoms with Gasteiger partial charge in [0.05, 0.1) is 6.10 Å². The van der Waals surface area contributed by atoms with Crippen LogP contribution in [-0.4, -0.2) is 35.7 Å². The Morgan fingerprint density at radius 3 is 2.21 bits per heavy atom. The predicted octanol–water partition coefficient (Wildman–Crippen LogP) is 3.20. The van der Waals surface area contributed by atoms with E-state index in [0.717, 1.165) is 32.5 Å². The Morgan fingerprint density at radius 2 is 1.68 bits per heavy atom. The molecule has 1 fully saturated rings. The molecule has 0 aromatic heterocycles. The minimum absolute atomic E-state index is 0.0101. The number of hydrogen-bond donors (Lipinski definition) is 1. The molecule has 1 aromatic carbocycles. The zero-order chi connectivity index (χ0) is 13.7. The van der Waals surface area contributed by atoms with Crippen LogP contribution in [0.1, 0.15) is 45.1 Å². The zero-order valence-corrected chi connectivity index (χ0v) is 12.3. The number of nitrogens with zero attached hydrogens (tertiary/aromatic N) is 1. The summed E-state index contributed by atoms with van der Waals surface area (Å²) in [4.78, 5) is 2.33. The predicted molar refractivity (Wildman–Crippen MR) is 80.4 cm³/mol. The number of aliphatic hydroxyl groups excluding tert-OH is 1. The quantitative estimate of drug-likeness (QED) is 0.850. The van der Waals surface area contributed by atoms with Gasteiger partial charge in [0.1, 0.15) is 0 Å². The van der Waals surface area contributed by atoms with Gasteiger partial charge in [0.15, 0.2) is 0 Å². The topological polar surface area (TPSA) is 23.5 Å². The Labute approximate surface area is 117 Å². The van der Waals surface area contributed by atoms with Crippen LogP contribution in [0.15, 0.2) is 30.3 Å². The van der Waals surface area contributed by atoms with Crippen molar-refractivity contribution in [3.8, 4) is 0 Å². The summed E-state index contributed by atoms with van der Waals surface area (Å²) in [5.41, 5.74) is 1.32. The SMILES string of the molecule is CCN(CC)C[C@H](O)C1(c2ccccc2)CCCC1. The standard InChI is InChI=1S/C17H27NO/c1-3-18(4-2)14-16(19)17(12-8-9-13-17)15-10-6-5-7-11-15/h5-7,10-11,16,19H,3-4,8-9,12-14H2,1-2H3/t16-/m0/s1. The molecular weight excluding hydrogens is 234 g/mol. The summed E-state index contributed by atoms with van der Waals surface area (Å²) in [6.07, 6.45) is 4.48. The minimum atomic E-state index is -0.253. The van der Waals surface area contributed by atoms with Crippen molar-refractivity contribution in [2.75, 3.05) is 19.6 Å². The van der Waals surface area contributed by atoms with Gasteiger partial charge in [0.2, 0.25) is 0 Å². The van der Waals surface area contributed by atoms with Crippen molar-refractivity contribution in [2.45, 2.75) is 51.0 Å². The largest absolute Gasteiger partial charge is 0.391 e. The van der Waals surface area contributed by atoms with Gasteiger partial charge < -0.3 is 10.0 Å². The first-order valence-corrected chi connectivity index (χ1v) is 7.69. The normalized spacial score (nSPS) is 19.8. The van der Waals surface area contributed by atoms with Crippen LogP contribution in [0, 0.1) is 0 Å². The lowest BCUT2D eigenvalue weighted by atomic mass is 9.74. The first-order valence-electron chi connectivity index (χ1n) is 7.69. The Balaban J connectivity index is 2.20. The fourth-order valence-electron chi connectivity index (χ4n) is 3.49. The van der Waals surface area contributed by atoms with Crippen LogP contribution < -0.4 is 0 Å². The van der Waals surface area contributed by atoms with Gasteiger partial charge in [0, 0.05) is 12.0 Å². The maximum absolute atomic E-state index is 10.8. The van der Waals surface area contributed by atoms with Crippen molar-refractivity contribution < 1.29 is 5.11 Å². The highest BCUT2D eigenvalue weighted by Crippen LogP contribution is 2.44. The Bertz CT molecular complexity index is 366. The van der Waals surface area contributed by atoms with Gasteiger partial charge >= 0.3 is 0 Å². The first-order chi connectivity index (χ1) is 9.23. The number of hydrogen-bond acceptors (Lipinski definition) is 2. The van der Waals surface area contributed by atoms with Crippen LogP contribution in [0.3, 0.4) is 0 Å². The van der Waals surface area contributed by atoms with E-state index >= 15 is 0 Å². The third kappa shape index (κ3) is 3.01. The highest BCUT2D eigenvalue weighted by Gasteiger charge is 2.42. The van der Waals surface area contributed by atoms with Crippen LogP contribution in [0.25, 0.3) is 0 Å².